The maximum Gasteiger partial charge on any atom is 0.0263 e. The van der Waals surface area contributed by atoms with Gasteiger partial charge in [-0.2, -0.15) is 23.5 Å². The van der Waals surface area contributed by atoms with Gasteiger partial charge in [-0.25, -0.2) is 0 Å². The van der Waals surface area contributed by atoms with Gasteiger partial charge in [0.1, 0.15) is 0 Å². The van der Waals surface area contributed by atoms with Gasteiger partial charge >= 0.3 is 0 Å². The molecule has 0 aromatic heterocycles. The van der Waals surface area contributed by atoms with E-state index in [2.05, 4.69) is 35.4 Å². The Kier molecular flexibility index (Phi) is 5.15. The van der Waals surface area contributed by atoms with Crippen molar-refractivity contribution < 1.29 is 0 Å². The Hall–Kier alpha value is 0.400. The SMILES string of the molecule is C=CCNCC1CSCCS1. The van der Waals surface area contributed by atoms with Gasteiger partial charge in [0.15, 0.2) is 0 Å². The van der Waals surface area contributed by atoms with Crippen LogP contribution in [0.2, 0.25) is 0 Å². The summed E-state index contributed by atoms with van der Waals surface area (Å²) in [6, 6.07) is 0. The topological polar surface area (TPSA) is 12.0 Å². The van der Waals surface area contributed by atoms with E-state index in [4.69, 9.17) is 0 Å². The molecule has 0 spiro atoms. The molecule has 0 radical (unpaired) electrons. The lowest BCUT2D eigenvalue weighted by Crippen LogP contribution is -2.28. The lowest BCUT2D eigenvalue weighted by molar-refractivity contribution is 0.743. The van der Waals surface area contributed by atoms with Gasteiger partial charge in [0, 0.05) is 35.6 Å². The second-order valence-electron chi connectivity index (χ2n) is 2.51. The van der Waals surface area contributed by atoms with E-state index in [-0.39, 0.29) is 0 Å². The zero-order valence-electron chi connectivity index (χ0n) is 6.71. The molecule has 1 atom stereocenters. The van der Waals surface area contributed by atoms with E-state index >= 15 is 0 Å². The molecule has 11 heavy (non-hydrogen) atoms. The molecule has 0 saturated carbocycles. The maximum absolute atomic E-state index is 3.67. The van der Waals surface area contributed by atoms with Gasteiger partial charge < -0.3 is 5.32 Å². The Bertz CT molecular complexity index is 111. The molecule has 0 amide bonds. The highest BCUT2D eigenvalue weighted by atomic mass is 32.2. The molecule has 1 aliphatic heterocycles. The minimum atomic E-state index is 0.827. The minimum absolute atomic E-state index is 0.827. The van der Waals surface area contributed by atoms with Crippen LogP contribution in [-0.2, 0) is 0 Å². The van der Waals surface area contributed by atoms with Crippen LogP contribution in [0.15, 0.2) is 12.7 Å². The summed E-state index contributed by atoms with van der Waals surface area (Å²) in [7, 11) is 0. The molecular weight excluding hydrogens is 174 g/mol. The monoisotopic (exact) mass is 189 g/mol. The fourth-order valence-electron chi connectivity index (χ4n) is 1.00. The molecule has 0 aromatic carbocycles. The van der Waals surface area contributed by atoms with E-state index in [1.54, 1.807) is 0 Å². The van der Waals surface area contributed by atoms with Crippen molar-refractivity contribution in [2.24, 2.45) is 0 Å². The van der Waals surface area contributed by atoms with Crippen molar-refractivity contribution in [1.82, 2.24) is 5.32 Å². The summed E-state index contributed by atoms with van der Waals surface area (Å²) in [6.07, 6.45) is 1.92. The molecule has 1 heterocycles. The average molecular weight is 189 g/mol. The highest BCUT2D eigenvalue weighted by molar-refractivity contribution is 8.06. The Labute approximate surface area is 77.4 Å². The van der Waals surface area contributed by atoms with Gasteiger partial charge in [-0.3, -0.25) is 0 Å². The molecule has 0 aliphatic carbocycles. The molecule has 3 heteroatoms. The quantitative estimate of drug-likeness (QED) is 0.533. The summed E-state index contributed by atoms with van der Waals surface area (Å²) >= 11 is 4.17. The van der Waals surface area contributed by atoms with Crippen molar-refractivity contribution >= 4 is 23.5 Å². The fourth-order valence-corrected chi connectivity index (χ4v) is 3.65. The van der Waals surface area contributed by atoms with E-state index in [1.807, 2.05) is 6.08 Å². The van der Waals surface area contributed by atoms with Crippen molar-refractivity contribution in [3.63, 3.8) is 0 Å². The number of nitrogens with one attached hydrogen (secondary N) is 1. The highest BCUT2D eigenvalue weighted by Gasteiger charge is 2.12. The van der Waals surface area contributed by atoms with Crippen molar-refractivity contribution in [1.29, 1.82) is 0 Å². The summed E-state index contributed by atoms with van der Waals surface area (Å²) in [4.78, 5) is 0. The van der Waals surface area contributed by atoms with Gasteiger partial charge in [-0.15, -0.1) is 6.58 Å². The summed E-state index contributed by atoms with van der Waals surface area (Å²) in [5.41, 5.74) is 0. The lowest BCUT2D eigenvalue weighted by Gasteiger charge is -2.20. The van der Waals surface area contributed by atoms with Crippen LogP contribution in [0, 0.1) is 0 Å². The van der Waals surface area contributed by atoms with E-state index in [0.29, 0.717) is 0 Å². The van der Waals surface area contributed by atoms with Crippen molar-refractivity contribution in [3.8, 4) is 0 Å². The van der Waals surface area contributed by atoms with Crippen LogP contribution in [0.25, 0.3) is 0 Å². The van der Waals surface area contributed by atoms with Gasteiger partial charge in [0.25, 0.3) is 0 Å². The third-order valence-corrected chi connectivity index (χ3v) is 4.39. The third-order valence-electron chi connectivity index (χ3n) is 1.55. The largest absolute Gasteiger partial charge is 0.312 e. The fraction of sp³-hybridized carbons (Fsp3) is 0.750. The van der Waals surface area contributed by atoms with Crippen molar-refractivity contribution in [2.75, 3.05) is 30.3 Å². The molecule has 0 aromatic rings. The molecule has 1 unspecified atom stereocenters. The highest BCUT2D eigenvalue weighted by Crippen LogP contribution is 2.22. The van der Waals surface area contributed by atoms with Gasteiger partial charge in [-0.05, 0) is 0 Å². The standard InChI is InChI=1S/C8H15NS2/c1-2-3-9-6-8-7-10-4-5-11-8/h2,8-9H,1,3-7H2. The molecular formula is C8H15NS2. The first-order valence-electron chi connectivity index (χ1n) is 3.94. The first-order chi connectivity index (χ1) is 5.43. The Morgan fingerprint density at radius 1 is 1.55 bits per heavy atom. The number of hydrogen-bond acceptors (Lipinski definition) is 3. The zero-order valence-corrected chi connectivity index (χ0v) is 8.35. The van der Waals surface area contributed by atoms with Gasteiger partial charge in [-0.1, -0.05) is 6.08 Å². The molecule has 1 rings (SSSR count). The number of rotatable bonds is 4. The van der Waals surface area contributed by atoms with Crippen LogP contribution < -0.4 is 5.32 Å². The minimum Gasteiger partial charge on any atom is -0.312 e. The molecule has 1 fully saturated rings. The first kappa shape index (κ1) is 9.49. The Morgan fingerprint density at radius 3 is 3.09 bits per heavy atom. The maximum atomic E-state index is 3.67. The van der Waals surface area contributed by atoms with Crippen molar-refractivity contribution in [2.45, 2.75) is 5.25 Å². The summed E-state index contributed by atoms with van der Waals surface area (Å²) < 4.78 is 0. The molecule has 1 N–H and O–H groups in total. The van der Waals surface area contributed by atoms with Crippen LogP contribution in [0.5, 0.6) is 0 Å². The number of hydrogen-bond donors (Lipinski definition) is 1. The normalized spacial score (nSPS) is 24.9. The van der Waals surface area contributed by atoms with Gasteiger partial charge in [0.2, 0.25) is 0 Å². The second kappa shape index (κ2) is 5.98. The number of thioether (sulfide) groups is 2. The third kappa shape index (κ3) is 4.09. The van der Waals surface area contributed by atoms with E-state index < -0.39 is 0 Å². The molecule has 1 saturated heterocycles. The smallest absolute Gasteiger partial charge is 0.0263 e. The Balaban J connectivity index is 2.00. The molecule has 1 nitrogen and oxygen atoms in total. The van der Waals surface area contributed by atoms with Crippen LogP contribution in [0.4, 0.5) is 0 Å². The molecule has 1 aliphatic rings. The lowest BCUT2D eigenvalue weighted by atomic mass is 10.4. The molecule has 64 valence electrons. The van der Waals surface area contributed by atoms with E-state index in [9.17, 15) is 0 Å². The predicted molar refractivity (Wildman–Crippen MR) is 56.6 cm³/mol. The van der Waals surface area contributed by atoms with Crippen molar-refractivity contribution in [3.05, 3.63) is 12.7 Å². The second-order valence-corrected chi connectivity index (χ2v) is 5.07. The summed E-state index contributed by atoms with van der Waals surface area (Å²) in [6.45, 7) is 5.76. The van der Waals surface area contributed by atoms with Crippen LogP contribution in [-0.4, -0.2) is 35.6 Å². The summed E-state index contributed by atoms with van der Waals surface area (Å²) in [5.74, 6) is 3.97. The van der Waals surface area contributed by atoms with E-state index in [1.165, 1.54) is 17.3 Å². The molecule has 0 bridgehead atoms. The Morgan fingerprint density at radius 2 is 2.45 bits per heavy atom. The van der Waals surface area contributed by atoms with Gasteiger partial charge in [0.05, 0.1) is 0 Å². The van der Waals surface area contributed by atoms with E-state index in [0.717, 1.165) is 18.3 Å². The predicted octanol–water partition coefficient (Wildman–Crippen LogP) is 1.61. The van der Waals surface area contributed by atoms with Crippen LogP contribution in [0.1, 0.15) is 0 Å². The summed E-state index contributed by atoms with van der Waals surface area (Å²) in [5, 5.41) is 4.18. The average Bonchev–Trinajstić information content (AvgIpc) is 2.07. The zero-order chi connectivity index (χ0) is 7.94. The van der Waals surface area contributed by atoms with Crippen LogP contribution in [0.3, 0.4) is 0 Å². The first-order valence-corrected chi connectivity index (χ1v) is 6.15. The van der Waals surface area contributed by atoms with Crippen LogP contribution >= 0.6 is 23.5 Å².